The summed E-state index contributed by atoms with van der Waals surface area (Å²) in [5.74, 6) is -0.318. The van der Waals surface area contributed by atoms with Crippen LogP contribution in [0.3, 0.4) is 0 Å². The fourth-order valence-corrected chi connectivity index (χ4v) is 2.21. The van der Waals surface area contributed by atoms with E-state index in [1.54, 1.807) is 0 Å². The number of nitrogens with zero attached hydrogens (tertiary/aromatic N) is 1. The van der Waals surface area contributed by atoms with E-state index in [4.69, 9.17) is 17.3 Å². The molecule has 0 radical (unpaired) electrons. The highest BCUT2D eigenvalue weighted by Gasteiger charge is 2.13. The van der Waals surface area contributed by atoms with Crippen molar-refractivity contribution in [2.45, 2.75) is 26.3 Å². The maximum atomic E-state index is 11.2. The van der Waals surface area contributed by atoms with Gasteiger partial charge in [-0.1, -0.05) is 24.9 Å². The third-order valence-corrected chi connectivity index (χ3v) is 3.11. The van der Waals surface area contributed by atoms with Crippen molar-refractivity contribution in [1.82, 2.24) is 5.32 Å². The molecule has 1 rings (SSSR count). The highest BCUT2D eigenvalue weighted by molar-refractivity contribution is 6.30. The summed E-state index contributed by atoms with van der Waals surface area (Å²) in [7, 11) is 1.88. The van der Waals surface area contributed by atoms with E-state index in [9.17, 15) is 4.79 Å². The fourth-order valence-electron chi connectivity index (χ4n) is 2.02. The van der Waals surface area contributed by atoms with Crippen LogP contribution in [0, 0.1) is 0 Å². The Bertz CT molecular complexity index is 423. The number of nitrogens with two attached hydrogens (primary N) is 1. The minimum absolute atomic E-state index is 0.234. The number of carbonyl (C=O) groups is 1. The fraction of sp³-hybridized carbons (Fsp3) is 0.500. The van der Waals surface area contributed by atoms with E-state index in [0.717, 1.165) is 30.6 Å². The van der Waals surface area contributed by atoms with E-state index in [1.165, 1.54) is 0 Å². The topological polar surface area (TPSA) is 58.4 Å². The Hall–Kier alpha value is -1.26. The van der Waals surface area contributed by atoms with Crippen LogP contribution in [0.4, 0.5) is 5.69 Å². The van der Waals surface area contributed by atoms with Crippen LogP contribution in [-0.4, -0.2) is 26.0 Å². The Balaban J connectivity index is 3.01. The smallest absolute Gasteiger partial charge is 0.236 e. The van der Waals surface area contributed by atoms with Gasteiger partial charge in [0.15, 0.2) is 0 Å². The van der Waals surface area contributed by atoms with Gasteiger partial charge in [-0.2, -0.15) is 0 Å². The molecular weight excluding hydrogens is 262 g/mol. The molecule has 0 aliphatic rings. The first kappa shape index (κ1) is 15.8. The lowest BCUT2D eigenvalue weighted by atomic mass is 10.1. The first-order valence-corrected chi connectivity index (χ1v) is 6.92. The molecule has 0 spiro atoms. The van der Waals surface area contributed by atoms with Gasteiger partial charge in [-0.05, 0) is 37.2 Å². The van der Waals surface area contributed by atoms with Crippen molar-refractivity contribution >= 4 is 23.2 Å². The van der Waals surface area contributed by atoms with Gasteiger partial charge in [-0.15, -0.1) is 0 Å². The summed E-state index contributed by atoms with van der Waals surface area (Å²) < 4.78 is 0. The van der Waals surface area contributed by atoms with Crippen LogP contribution in [0.15, 0.2) is 18.2 Å². The standard InChI is InChI=1S/C14H22ClN3O/c1-3-4-7-18(10-14(16)19)13-6-5-12(15)8-11(13)9-17-2/h5-6,8,17H,3-4,7,9-10H2,1-2H3,(H2,16,19). The summed E-state index contributed by atoms with van der Waals surface area (Å²) in [4.78, 5) is 13.2. The molecule has 0 saturated carbocycles. The summed E-state index contributed by atoms with van der Waals surface area (Å²) >= 11 is 6.03. The normalized spacial score (nSPS) is 10.5. The van der Waals surface area contributed by atoms with Gasteiger partial charge in [0.05, 0.1) is 6.54 Å². The van der Waals surface area contributed by atoms with Crippen LogP contribution in [0.5, 0.6) is 0 Å². The average molecular weight is 284 g/mol. The first-order chi connectivity index (χ1) is 9.08. The number of amides is 1. The molecule has 19 heavy (non-hydrogen) atoms. The molecule has 0 fully saturated rings. The van der Waals surface area contributed by atoms with Crippen LogP contribution >= 0.6 is 11.6 Å². The molecule has 0 atom stereocenters. The quantitative estimate of drug-likeness (QED) is 0.769. The molecule has 0 aliphatic carbocycles. The van der Waals surface area contributed by atoms with Crippen molar-refractivity contribution < 1.29 is 4.79 Å². The molecule has 3 N–H and O–H groups in total. The minimum Gasteiger partial charge on any atom is -0.368 e. The number of carbonyl (C=O) groups excluding carboxylic acids is 1. The largest absolute Gasteiger partial charge is 0.368 e. The molecular formula is C14H22ClN3O. The molecule has 0 unspecified atom stereocenters. The van der Waals surface area contributed by atoms with Crippen molar-refractivity contribution in [3.8, 4) is 0 Å². The average Bonchev–Trinajstić information content (AvgIpc) is 2.35. The number of halogens is 1. The van der Waals surface area contributed by atoms with Crippen molar-refractivity contribution in [2.24, 2.45) is 5.73 Å². The lowest BCUT2D eigenvalue weighted by Crippen LogP contribution is -2.35. The summed E-state index contributed by atoms with van der Waals surface area (Å²) in [5.41, 5.74) is 7.43. The molecule has 1 aromatic carbocycles. The maximum absolute atomic E-state index is 11.2. The highest BCUT2D eigenvalue weighted by Crippen LogP contribution is 2.24. The van der Waals surface area contributed by atoms with Gasteiger partial charge in [0.2, 0.25) is 5.91 Å². The van der Waals surface area contributed by atoms with Gasteiger partial charge in [-0.3, -0.25) is 4.79 Å². The van der Waals surface area contributed by atoms with Crippen LogP contribution < -0.4 is 16.0 Å². The number of rotatable bonds is 8. The van der Waals surface area contributed by atoms with E-state index in [1.807, 2.05) is 30.1 Å². The number of hydrogen-bond donors (Lipinski definition) is 2. The Morgan fingerprint density at radius 1 is 1.47 bits per heavy atom. The Labute approximate surface area is 119 Å². The van der Waals surface area contributed by atoms with E-state index in [0.29, 0.717) is 11.6 Å². The van der Waals surface area contributed by atoms with E-state index >= 15 is 0 Å². The Morgan fingerprint density at radius 2 is 2.21 bits per heavy atom. The summed E-state index contributed by atoms with van der Waals surface area (Å²) in [6.45, 7) is 3.88. The van der Waals surface area contributed by atoms with Crippen molar-refractivity contribution in [3.05, 3.63) is 28.8 Å². The van der Waals surface area contributed by atoms with Gasteiger partial charge in [0, 0.05) is 23.8 Å². The molecule has 4 nitrogen and oxygen atoms in total. The number of primary amides is 1. The van der Waals surface area contributed by atoms with E-state index < -0.39 is 0 Å². The van der Waals surface area contributed by atoms with Crippen LogP contribution in [0.2, 0.25) is 5.02 Å². The zero-order chi connectivity index (χ0) is 14.3. The third-order valence-electron chi connectivity index (χ3n) is 2.88. The van der Waals surface area contributed by atoms with E-state index in [2.05, 4.69) is 12.2 Å². The zero-order valence-electron chi connectivity index (χ0n) is 11.6. The minimum atomic E-state index is -0.318. The number of anilines is 1. The number of hydrogen-bond acceptors (Lipinski definition) is 3. The first-order valence-electron chi connectivity index (χ1n) is 6.54. The maximum Gasteiger partial charge on any atom is 0.236 e. The number of benzene rings is 1. The second-order valence-corrected chi connectivity index (χ2v) is 4.98. The highest BCUT2D eigenvalue weighted by atomic mass is 35.5. The van der Waals surface area contributed by atoms with Gasteiger partial charge in [-0.25, -0.2) is 0 Å². The molecule has 0 aromatic heterocycles. The number of nitrogens with one attached hydrogen (secondary N) is 1. The molecule has 0 aliphatic heterocycles. The van der Waals surface area contributed by atoms with Crippen LogP contribution in [0.25, 0.3) is 0 Å². The van der Waals surface area contributed by atoms with Crippen LogP contribution in [0.1, 0.15) is 25.3 Å². The molecule has 0 bridgehead atoms. The van der Waals surface area contributed by atoms with Crippen molar-refractivity contribution in [1.29, 1.82) is 0 Å². The molecule has 0 heterocycles. The zero-order valence-corrected chi connectivity index (χ0v) is 12.3. The van der Waals surface area contributed by atoms with Crippen LogP contribution in [-0.2, 0) is 11.3 Å². The summed E-state index contributed by atoms with van der Waals surface area (Å²) in [6.07, 6.45) is 2.10. The molecule has 5 heteroatoms. The van der Waals surface area contributed by atoms with Gasteiger partial charge < -0.3 is 16.0 Å². The molecule has 1 amide bonds. The molecule has 106 valence electrons. The summed E-state index contributed by atoms with van der Waals surface area (Å²) in [6, 6.07) is 5.72. The SMILES string of the molecule is CCCCN(CC(N)=O)c1ccc(Cl)cc1CNC. The van der Waals surface area contributed by atoms with E-state index in [-0.39, 0.29) is 12.5 Å². The monoisotopic (exact) mass is 283 g/mol. The Morgan fingerprint density at radius 3 is 2.79 bits per heavy atom. The lowest BCUT2D eigenvalue weighted by molar-refractivity contribution is -0.116. The third kappa shape index (κ3) is 5.09. The Kier molecular flexibility index (Phi) is 6.67. The molecule has 1 aromatic rings. The van der Waals surface area contributed by atoms with Gasteiger partial charge >= 0.3 is 0 Å². The predicted octanol–water partition coefficient (Wildman–Crippen LogP) is 2.15. The lowest BCUT2D eigenvalue weighted by Gasteiger charge is -2.26. The second-order valence-electron chi connectivity index (χ2n) is 4.54. The van der Waals surface area contributed by atoms with Crippen molar-refractivity contribution in [3.63, 3.8) is 0 Å². The van der Waals surface area contributed by atoms with Gasteiger partial charge in [0.1, 0.15) is 0 Å². The second kappa shape index (κ2) is 8.02. The van der Waals surface area contributed by atoms with Gasteiger partial charge in [0.25, 0.3) is 0 Å². The number of unbranched alkanes of at least 4 members (excludes halogenated alkanes) is 1. The summed E-state index contributed by atoms with van der Waals surface area (Å²) in [5, 5.41) is 3.81. The van der Waals surface area contributed by atoms with Crippen molar-refractivity contribution in [2.75, 3.05) is 25.0 Å². The molecule has 0 saturated heterocycles. The predicted molar refractivity (Wildman–Crippen MR) is 80.5 cm³/mol.